The number of halogens is 2. The summed E-state index contributed by atoms with van der Waals surface area (Å²) in [5.41, 5.74) is 4.96. The van der Waals surface area contributed by atoms with Gasteiger partial charge in [-0.05, 0) is 18.2 Å². The number of ether oxygens (including phenoxy) is 1. The van der Waals surface area contributed by atoms with Crippen LogP contribution in [0.5, 0.6) is 5.75 Å². The van der Waals surface area contributed by atoms with Gasteiger partial charge in [-0.2, -0.15) is 0 Å². The highest BCUT2D eigenvalue weighted by molar-refractivity contribution is 9.10. The van der Waals surface area contributed by atoms with E-state index < -0.39 is 5.91 Å². The number of benzene rings is 1. The number of amides is 1. The number of carbonyl (C=O) groups excluding carboxylic acids is 1. The first-order valence-corrected chi connectivity index (χ1v) is 5.13. The molecule has 0 unspecified atom stereocenters. The highest BCUT2D eigenvalue weighted by Gasteiger charge is 2.02. The van der Waals surface area contributed by atoms with E-state index in [1.807, 2.05) is 6.07 Å². The zero-order valence-corrected chi connectivity index (χ0v) is 9.64. The average molecular weight is 279 g/mol. The van der Waals surface area contributed by atoms with Crippen molar-refractivity contribution >= 4 is 33.4 Å². The molecule has 0 saturated heterocycles. The molecule has 0 aromatic heterocycles. The number of hydrogen-bond acceptors (Lipinski definition) is 2. The van der Waals surface area contributed by atoms with E-state index in [9.17, 15) is 4.79 Å². The summed E-state index contributed by atoms with van der Waals surface area (Å²) < 4.78 is 6.14. The Bertz CT molecular complexity index is 344. The van der Waals surface area contributed by atoms with Gasteiger partial charge in [-0.25, -0.2) is 0 Å². The maximum atomic E-state index is 10.4. The Morgan fingerprint density at radius 1 is 1.57 bits per heavy atom. The zero-order valence-electron chi connectivity index (χ0n) is 7.30. The maximum Gasteiger partial charge on any atom is 0.220 e. The molecule has 1 rings (SSSR count). The molecule has 0 aliphatic rings. The molecule has 14 heavy (non-hydrogen) atoms. The molecule has 0 radical (unpaired) electrons. The largest absolute Gasteiger partial charge is 0.491 e. The Morgan fingerprint density at radius 3 is 2.93 bits per heavy atom. The first kappa shape index (κ1) is 11.3. The first-order chi connectivity index (χ1) is 6.59. The van der Waals surface area contributed by atoms with E-state index in [1.54, 1.807) is 12.1 Å². The molecule has 0 atom stereocenters. The second kappa shape index (κ2) is 5.22. The minimum atomic E-state index is -0.392. The number of primary amides is 1. The summed E-state index contributed by atoms with van der Waals surface area (Å²) in [7, 11) is 0. The van der Waals surface area contributed by atoms with Crippen LogP contribution in [-0.4, -0.2) is 12.5 Å². The van der Waals surface area contributed by atoms with Crippen molar-refractivity contribution in [1.29, 1.82) is 0 Å². The summed E-state index contributed by atoms with van der Waals surface area (Å²) in [6.45, 7) is 0.242. The van der Waals surface area contributed by atoms with Crippen LogP contribution < -0.4 is 10.5 Å². The number of nitrogens with two attached hydrogens (primary N) is 1. The van der Waals surface area contributed by atoms with Crippen molar-refractivity contribution < 1.29 is 9.53 Å². The highest BCUT2D eigenvalue weighted by atomic mass is 79.9. The lowest BCUT2D eigenvalue weighted by Gasteiger charge is -2.06. The van der Waals surface area contributed by atoms with Gasteiger partial charge in [0, 0.05) is 4.47 Å². The third-order valence-corrected chi connectivity index (χ3v) is 2.30. The minimum absolute atomic E-state index is 0.183. The second-order valence-corrected chi connectivity index (χ2v) is 3.96. The van der Waals surface area contributed by atoms with Crippen molar-refractivity contribution in [3.63, 3.8) is 0 Å². The van der Waals surface area contributed by atoms with Crippen LogP contribution in [0.15, 0.2) is 22.7 Å². The average Bonchev–Trinajstić information content (AvgIpc) is 2.10. The van der Waals surface area contributed by atoms with Crippen molar-refractivity contribution in [2.24, 2.45) is 5.73 Å². The fourth-order valence-electron chi connectivity index (χ4n) is 0.849. The Hall–Kier alpha value is -0.740. The molecule has 0 fully saturated rings. The Balaban J connectivity index is 2.57. The van der Waals surface area contributed by atoms with Gasteiger partial charge in [0.15, 0.2) is 0 Å². The fraction of sp³-hybridized carbons (Fsp3) is 0.222. The lowest BCUT2D eigenvalue weighted by atomic mass is 10.3. The van der Waals surface area contributed by atoms with E-state index in [0.29, 0.717) is 10.8 Å². The van der Waals surface area contributed by atoms with Gasteiger partial charge in [-0.1, -0.05) is 27.5 Å². The van der Waals surface area contributed by atoms with Crippen molar-refractivity contribution in [2.45, 2.75) is 6.42 Å². The molecule has 5 heteroatoms. The molecule has 1 amide bonds. The van der Waals surface area contributed by atoms with Crippen LogP contribution in [0.1, 0.15) is 6.42 Å². The second-order valence-electron chi connectivity index (χ2n) is 2.64. The summed E-state index contributed by atoms with van der Waals surface area (Å²) in [5.74, 6) is 0.151. The molecule has 0 saturated carbocycles. The minimum Gasteiger partial charge on any atom is -0.491 e. The molecule has 0 aliphatic carbocycles. The summed E-state index contributed by atoms with van der Waals surface area (Å²) in [5, 5.41) is 0.512. The van der Waals surface area contributed by atoms with Gasteiger partial charge in [0.2, 0.25) is 5.91 Å². The van der Waals surface area contributed by atoms with Crippen molar-refractivity contribution in [3.8, 4) is 5.75 Å². The molecule has 76 valence electrons. The molecule has 1 aromatic rings. The van der Waals surface area contributed by atoms with Crippen molar-refractivity contribution in [1.82, 2.24) is 0 Å². The molecule has 0 bridgehead atoms. The van der Waals surface area contributed by atoms with E-state index in [-0.39, 0.29) is 13.0 Å². The molecule has 0 spiro atoms. The van der Waals surface area contributed by atoms with Crippen LogP contribution in [0, 0.1) is 0 Å². The summed E-state index contributed by atoms with van der Waals surface area (Å²) in [6, 6.07) is 5.26. The summed E-state index contributed by atoms with van der Waals surface area (Å²) >= 11 is 9.14. The SMILES string of the molecule is NC(=O)CCOc1cc(Br)ccc1Cl. The van der Waals surface area contributed by atoms with Gasteiger partial charge in [-0.15, -0.1) is 0 Å². The van der Waals surface area contributed by atoms with Crippen LogP contribution in [0.3, 0.4) is 0 Å². The normalized spacial score (nSPS) is 9.86. The lowest BCUT2D eigenvalue weighted by Crippen LogP contribution is -2.14. The maximum absolute atomic E-state index is 10.4. The smallest absolute Gasteiger partial charge is 0.220 e. The molecular formula is C9H9BrClNO2. The monoisotopic (exact) mass is 277 g/mol. The first-order valence-electron chi connectivity index (χ1n) is 3.96. The lowest BCUT2D eigenvalue weighted by molar-refractivity contribution is -0.118. The van der Waals surface area contributed by atoms with Gasteiger partial charge >= 0.3 is 0 Å². The van der Waals surface area contributed by atoms with E-state index in [1.165, 1.54) is 0 Å². The third-order valence-electron chi connectivity index (χ3n) is 1.50. The Morgan fingerprint density at radius 2 is 2.29 bits per heavy atom. The van der Waals surface area contributed by atoms with E-state index in [0.717, 1.165) is 4.47 Å². The standard InChI is InChI=1S/C9H9BrClNO2/c10-6-1-2-7(11)8(5-6)14-4-3-9(12)13/h1-2,5H,3-4H2,(H2,12,13). The fourth-order valence-corrected chi connectivity index (χ4v) is 1.36. The topological polar surface area (TPSA) is 52.3 Å². The van der Waals surface area contributed by atoms with E-state index in [2.05, 4.69) is 15.9 Å². The van der Waals surface area contributed by atoms with Gasteiger partial charge in [-0.3, -0.25) is 4.79 Å². The molecule has 0 aliphatic heterocycles. The van der Waals surface area contributed by atoms with Gasteiger partial charge in [0.1, 0.15) is 5.75 Å². The quantitative estimate of drug-likeness (QED) is 0.919. The Labute approximate surface area is 95.3 Å². The van der Waals surface area contributed by atoms with Crippen molar-refractivity contribution in [2.75, 3.05) is 6.61 Å². The summed E-state index contributed by atoms with van der Waals surface area (Å²) in [4.78, 5) is 10.4. The molecule has 3 nitrogen and oxygen atoms in total. The predicted molar refractivity (Wildman–Crippen MR) is 58.5 cm³/mol. The molecule has 1 aromatic carbocycles. The zero-order chi connectivity index (χ0) is 10.6. The molecular weight excluding hydrogens is 269 g/mol. The number of rotatable bonds is 4. The number of carbonyl (C=O) groups is 1. The Kier molecular flexibility index (Phi) is 4.22. The van der Waals surface area contributed by atoms with Crippen LogP contribution in [0.25, 0.3) is 0 Å². The van der Waals surface area contributed by atoms with Crippen LogP contribution >= 0.6 is 27.5 Å². The molecule has 2 N–H and O–H groups in total. The highest BCUT2D eigenvalue weighted by Crippen LogP contribution is 2.27. The van der Waals surface area contributed by atoms with Crippen LogP contribution in [0.2, 0.25) is 5.02 Å². The number of hydrogen-bond donors (Lipinski definition) is 1. The van der Waals surface area contributed by atoms with E-state index >= 15 is 0 Å². The molecule has 0 heterocycles. The van der Waals surface area contributed by atoms with E-state index in [4.69, 9.17) is 22.1 Å². The summed E-state index contributed by atoms with van der Waals surface area (Å²) in [6.07, 6.45) is 0.183. The van der Waals surface area contributed by atoms with Gasteiger partial charge in [0.25, 0.3) is 0 Å². The van der Waals surface area contributed by atoms with Crippen LogP contribution in [-0.2, 0) is 4.79 Å². The van der Waals surface area contributed by atoms with Crippen LogP contribution in [0.4, 0.5) is 0 Å². The van der Waals surface area contributed by atoms with Gasteiger partial charge in [0.05, 0.1) is 18.1 Å². The predicted octanol–water partition coefficient (Wildman–Crippen LogP) is 2.36. The van der Waals surface area contributed by atoms with Crippen molar-refractivity contribution in [3.05, 3.63) is 27.7 Å². The van der Waals surface area contributed by atoms with Gasteiger partial charge < -0.3 is 10.5 Å². The third kappa shape index (κ3) is 3.55.